The Balaban J connectivity index is 1.61. The number of carbonyl (C=O) groups is 2. The van der Waals surface area contributed by atoms with Gasteiger partial charge in [0.1, 0.15) is 5.82 Å². The molecule has 2 atom stereocenters. The molecule has 0 bridgehead atoms. The van der Waals surface area contributed by atoms with E-state index in [4.69, 9.17) is 23.2 Å². The van der Waals surface area contributed by atoms with Crippen LogP contribution < -0.4 is 10.6 Å². The predicted octanol–water partition coefficient (Wildman–Crippen LogP) is 6.70. The van der Waals surface area contributed by atoms with Crippen LogP contribution in [-0.2, 0) is 9.59 Å². The van der Waals surface area contributed by atoms with Crippen molar-refractivity contribution < 1.29 is 9.59 Å². The maximum absolute atomic E-state index is 13.7. The quantitative estimate of drug-likeness (QED) is 0.404. The number of dihydropyridines is 1. The van der Waals surface area contributed by atoms with Crippen LogP contribution in [0.5, 0.6) is 0 Å². The summed E-state index contributed by atoms with van der Waals surface area (Å²) in [5.41, 5.74) is 5.07. The second-order valence-electron chi connectivity index (χ2n) is 9.19. The van der Waals surface area contributed by atoms with E-state index in [1.807, 2.05) is 50.2 Å². The number of halogens is 2. The van der Waals surface area contributed by atoms with Crippen molar-refractivity contribution in [2.45, 2.75) is 38.5 Å². The molecule has 1 aliphatic carbocycles. The number of hydrogen-bond donors (Lipinski definition) is 2. The molecule has 7 heteroatoms. The molecule has 1 aliphatic heterocycles. The molecule has 0 saturated carbocycles. The Bertz CT molecular complexity index is 1430. The summed E-state index contributed by atoms with van der Waals surface area (Å²) in [5, 5.41) is 7.04. The summed E-state index contributed by atoms with van der Waals surface area (Å²) in [6.45, 7) is 3.73. The molecule has 2 aliphatic rings. The van der Waals surface area contributed by atoms with Crippen molar-refractivity contribution >= 4 is 40.7 Å². The topological polar surface area (TPSA) is 71.1 Å². The number of allylic oxidation sites excluding steroid dienone is 3. The van der Waals surface area contributed by atoms with Crippen LogP contribution in [0, 0.1) is 6.92 Å². The van der Waals surface area contributed by atoms with Crippen molar-refractivity contribution in [1.29, 1.82) is 0 Å². The summed E-state index contributed by atoms with van der Waals surface area (Å²) in [7, 11) is 0. The summed E-state index contributed by atoms with van der Waals surface area (Å²) in [4.78, 5) is 31.8. The van der Waals surface area contributed by atoms with E-state index in [0.29, 0.717) is 51.1 Å². The van der Waals surface area contributed by atoms with Gasteiger partial charge < -0.3 is 10.6 Å². The average molecular weight is 518 g/mol. The lowest BCUT2D eigenvalue weighted by Gasteiger charge is -2.37. The lowest BCUT2D eigenvalue weighted by atomic mass is 9.71. The number of pyridine rings is 1. The van der Waals surface area contributed by atoms with Gasteiger partial charge in [0, 0.05) is 41.1 Å². The van der Waals surface area contributed by atoms with Crippen molar-refractivity contribution in [3.8, 4) is 0 Å². The van der Waals surface area contributed by atoms with Crippen molar-refractivity contribution in [2.24, 2.45) is 0 Å². The number of Topliss-reactive ketones (excluding diaryl/α,β-unsaturated/α-hetero) is 1. The van der Waals surface area contributed by atoms with Crippen molar-refractivity contribution in [3.63, 3.8) is 0 Å². The van der Waals surface area contributed by atoms with Gasteiger partial charge in [-0.15, -0.1) is 0 Å². The van der Waals surface area contributed by atoms with E-state index in [0.717, 1.165) is 16.8 Å². The van der Waals surface area contributed by atoms with Gasteiger partial charge in [0.2, 0.25) is 0 Å². The van der Waals surface area contributed by atoms with Gasteiger partial charge in [0.15, 0.2) is 5.78 Å². The molecule has 2 aromatic carbocycles. The number of ketones is 1. The number of aromatic nitrogens is 1. The highest BCUT2D eigenvalue weighted by Crippen LogP contribution is 2.48. The molecule has 0 fully saturated rings. The first-order valence-electron chi connectivity index (χ1n) is 11.8. The number of aryl methyl sites for hydroxylation is 1. The zero-order valence-electron chi connectivity index (χ0n) is 19.9. The minimum Gasteiger partial charge on any atom is -0.362 e. The third-order valence-corrected chi connectivity index (χ3v) is 7.71. The molecule has 0 spiro atoms. The van der Waals surface area contributed by atoms with Gasteiger partial charge in [-0.3, -0.25) is 9.59 Å². The van der Waals surface area contributed by atoms with Crippen LogP contribution in [0.1, 0.15) is 48.3 Å². The number of nitrogens with one attached hydrogen (secondary N) is 2. The van der Waals surface area contributed by atoms with Gasteiger partial charge in [-0.2, -0.15) is 0 Å². The van der Waals surface area contributed by atoms with Crippen LogP contribution in [0.4, 0.5) is 5.82 Å². The standard InChI is InChI=1S/C29H25Cl2N3O2/c1-16-8-7-13-32-28(16)34-29(36)24-17(2)33-22-14-19(18-9-4-3-5-10-18)15-23(35)26(22)25(24)20-11-6-12-21(30)27(20)31/h3-13,19,25,33H,14-15H2,1-2H3,(H,32,34,36). The fraction of sp³-hybridized carbons (Fsp3) is 0.207. The first-order chi connectivity index (χ1) is 17.3. The Hall–Kier alpha value is -3.41. The molecule has 5 rings (SSSR count). The smallest absolute Gasteiger partial charge is 0.255 e. The second-order valence-corrected chi connectivity index (χ2v) is 9.98. The Labute approximate surface area is 220 Å². The van der Waals surface area contributed by atoms with Crippen LogP contribution >= 0.6 is 23.2 Å². The first kappa shape index (κ1) is 24.3. The van der Waals surface area contributed by atoms with Crippen LogP contribution in [0.3, 0.4) is 0 Å². The molecule has 2 heterocycles. The Morgan fingerprint density at radius 3 is 2.53 bits per heavy atom. The second kappa shape index (κ2) is 9.92. The van der Waals surface area contributed by atoms with Crippen molar-refractivity contribution in [3.05, 3.63) is 116 Å². The molecular weight excluding hydrogens is 493 g/mol. The zero-order chi connectivity index (χ0) is 25.4. The van der Waals surface area contributed by atoms with Crippen LogP contribution in [0.15, 0.2) is 89.4 Å². The maximum atomic E-state index is 13.7. The monoisotopic (exact) mass is 517 g/mol. The highest BCUT2D eigenvalue weighted by molar-refractivity contribution is 6.42. The van der Waals surface area contributed by atoms with Gasteiger partial charge in [-0.05, 0) is 55.0 Å². The number of nitrogens with zero attached hydrogens (tertiary/aromatic N) is 1. The van der Waals surface area contributed by atoms with Crippen molar-refractivity contribution in [1.82, 2.24) is 10.3 Å². The number of amides is 1. The fourth-order valence-electron chi connectivity index (χ4n) is 5.15. The highest BCUT2D eigenvalue weighted by atomic mass is 35.5. The molecule has 5 nitrogen and oxygen atoms in total. The van der Waals surface area contributed by atoms with E-state index >= 15 is 0 Å². The number of hydrogen-bond acceptors (Lipinski definition) is 4. The minimum atomic E-state index is -0.652. The van der Waals surface area contributed by atoms with E-state index in [2.05, 4.69) is 27.8 Å². The molecule has 182 valence electrons. The molecule has 1 aromatic heterocycles. The third kappa shape index (κ3) is 4.45. The molecule has 1 amide bonds. The summed E-state index contributed by atoms with van der Waals surface area (Å²) < 4.78 is 0. The van der Waals surface area contributed by atoms with E-state index < -0.39 is 5.92 Å². The highest BCUT2D eigenvalue weighted by Gasteiger charge is 2.41. The molecule has 0 radical (unpaired) electrons. The van der Waals surface area contributed by atoms with Crippen LogP contribution in [0.2, 0.25) is 10.0 Å². The summed E-state index contributed by atoms with van der Waals surface area (Å²) in [6.07, 6.45) is 2.64. The van der Waals surface area contributed by atoms with E-state index in [-0.39, 0.29) is 17.6 Å². The Morgan fingerprint density at radius 1 is 1.00 bits per heavy atom. The maximum Gasteiger partial charge on any atom is 0.255 e. The summed E-state index contributed by atoms with van der Waals surface area (Å²) >= 11 is 13.1. The minimum absolute atomic E-state index is 0.00883. The Kier molecular flexibility index (Phi) is 6.69. The third-order valence-electron chi connectivity index (χ3n) is 6.88. The lowest BCUT2D eigenvalue weighted by Crippen LogP contribution is -2.37. The van der Waals surface area contributed by atoms with Gasteiger partial charge in [-0.25, -0.2) is 4.98 Å². The normalized spacial score (nSPS) is 19.6. The summed E-state index contributed by atoms with van der Waals surface area (Å²) in [5.74, 6) is -0.476. The fourth-order valence-corrected chi connectivity index (χ4v) is 5.56. The first-order valence-corrected chi connectivity index (χ1v) is 12.6. The molecule has 2 unspecified atom stereocenters. The van der Waals surface area contributed by atoms with Gasteiger partial charge in [0.05, 0.1) is 10.0 Å². The molecule has 3 aromatic rings. The predicted molar refractivity (Wildman–Crippen MR) is 143 cm³/mol. The average Bonchev–Trinajstić information content (AvgIpc) is 2.86. The number of anilines is 1. The molecule has 2 N–H and O–H groups in total. The van der Waals surface area contributed by atoms with Gasteiger partial charge in [-0.1, -0.05) is 71.7 Å². The lowest BCUT2D eigenvalue weighted by molar-refractivity contribution is -0.116. The molecule has 36 heavy (non-hydrogen) atoms. The molecular formula is C29H25Cl2N3O2. The SMILES string of the molecule is CC1=C(C(=O)Nc2ncccc2C)C(c2cccc(Cl)c2Cl)C2=C(CC(c3ccccc3)CC2=O)N1. The van der Waals surface area contributed by atoms with E-state index in [1.54, 1.807) is 18.3 Å². The van der Waals surface area contributed by atoms with Crippen LogP contribution in [0.25, 0.3) is 0 Å². The molecule has 0 saturated heterocycles. The summed E-state index contributed by atoms with van der Waals surface area (Å²) in [6, 6.07) is 19.1. The largest absolute Gasteiger partial charge is 0.362 e. The van der Waals surface area contributed by atoms with Gasteiger partial charge >= 0.3 is 0 Å². The number of benzene rings is 2. The number of rotatable bonds is 4. The zero-order valence-corrected chi connectivity index (χ0v) is 21.5. The van der Waals surface area contributed by atoms with E-state index in [1.165, 1.54) is 0 Å². The van der Waals surface area contributed by atoms with Gasteiger partial charge in [0.25, 0.3) is 5.91 Å². The Morgan fingerprint density at radius 2 is 1.78 bits per heavy atom. The van der Waals surface area contributed by atoms with E-state index in [9.17, 15) is 9.59 Å². The van der Waals surface area contributed by atoms with Crippen LogP contribution in [-0.4, -0.2) is 16.7 Å². The number of carbonyl (C=O) groups excluding carboxylic acids is 2. The van der Waals surface area contributed by atoms with Crippen molar-refractivity contribution in [2.75, 3.05) is 5.32 Å².